The molecule has 6 nitrogen and oxygen atoms in total. The van der Waals surface area contributed by atoms with Gasteiger partial charge in [0.2, 0.25) is 0 Å². The molecule has 6 heteroatoms. The lowest BCUT2D eigenvalue weighted by atomic mass is 10.1. The van der Waals surface area contributed by atoms with E-state index in [0.717, 1.165) is 17.0 Å². The fraction of sp³-hybridized carbons (Fsp3) is 0.0833. The number of fused-ring (bicyclic) bond motifs is 1. The van der Waals surface area contributed by atoms with Crippen molar-refractivity contribution in [2.24, 2.45) is 0 Å². The molecule has 0 saturated carbocycles. The molecule has 0 aliphatic heterocycles. The molecule has 0 saturated heterocycles. The Morgan fingerprint density at radius 1 is 1.28 bits per heavy atom. The highest BCUT2D eigenvalue weighted by molar-refractivity contribution is 5.65. The number of aromatic amines is 1. The lowest BCUT2D eigenvalue weighted by Gasteiger charge is -1.99. The second kappa shape index (κ2) is 3.99. The van der Waals surface area contributed by atoms with Gasteiger partial charge in [0, 0.05) is 5.56 Å². The average Bonchev–Trinajstić information content (AvgIpc) is 2.84. The third-order valence-electron chi connectivity index (χ3n) is 2.69. The van der Waals surface area contributed by atoms with Crippen LogP contribution >= 0.6 is 0 Å². The molecule has 0 fully saturated rings. The number of hydrogen-bond acceptors (Lipinski definition) is 4. The number of benzene rings is 1. The lowest BCUT2D eigenvalue weighted by molar-refractivity contribution is 0.415. The van der Waals surface area contributed by atoms with Gasteiger partial charge < -0.3 is 4.74 Å². The van der Waals surface area contributed by atoms with E-state index in [1.165, 1.54) is 10.8 Å². The van der Waals surface area contributed by atoms with E-state index in [-0.39, 0.29) is 5.56 Å². The van der Waals surface area contributed by atoms with Crippen LogP contribution in [-0.2, 0) is 0 Å². The third-order valence-corrected chi connectivity index (χ3v) is 2.69. The van der Waals surface area contributed by atoms with Gasteiger partial charge in [0.25, 0.3) is 5.56 Å². The summed E-state index contributed by atoms with van der Waals surface area (Å²) in [5.74, 6) is 0.780. The molecule has 0 radical (unpaired) electrons. The maximum atomic E-state index is 11.5. The maximum Gasteiger partial charge on any atom is 0.290 e. The fourth-order valence-electron chi connectivity index (χ4n) is 1.75. The number of aromatic nitrogens is 4. The van der Waals surface area contributed by atoms with Crippen LogP contribution in [0, 0.1) is 0 Å². The Labute approximate surface area is 102 Å². The first-order valence-electron chi connectivity index (χ1n) is 5.35. The smallest absolute Gasteiger partial charge is 0.290 e. The second-order valence-electron chi connectivity index (χ2n) is 3.77. The first-order chi connectivity index (χ1) is 8.78. The van der Waals surface area contributed by atoms with Gasteiger partial charge in [0.15, 0.2) is 0 Å². The summed E-state index contributed by atoms with van der Waals surface area (Å²) >= 11 is 0. The molecule has 0 atom stereocenters. The zero-order valence-corrected chi connectivity index (χ0v) is 9.62. The van der Waals surface area contributed by atoms with Gasteiger partial charge in [-0.05, 0) is 30.3 Å². The van der Waals surface area contributed by atoms with Crippen molar-refractivity contribution < 1.29 is 4.74 Å². The molecule has 0 unspecified atom stereocenters. The molecule has 0 aliphatic carbocycles. The summed E-state index contributed by atoms with van der Waals surface area (Å²) in [6, 6.07) is 9.20. The van der Waals surface area contributed by atoms with Crippen LogP contribution in [0.5, 0.6) is 5.75 Å². The van der Waals surface area contributed by atoms with Crippen LogP contribution in [0.4, 0.5) is 0 Å². The summed E-state index contributed by atoms with van der Waals surface area (Å²) in [4.78, 5) is 11.5. The number of methoxy groups -OCH3 is 1. The topological polar surface area (TPSA) is 72.3 Å². The molecule has 3 rings (SSSR count). The van der Waals surface area contributed by atoms with E-state index in [4.69, 9.17) is 4.74 Å². The molecule has 0 amide bonds. The van der Waals surface area contributed by atoms with Crippen LogP contribution in [0.3, 0.4) is 0 Å². The molecule has 1 aromatic carbocycles. The van der Waals surface area contributed by atoms with Gasteiger partial charge in [-0.3, -0.25) is 4.79 Å². The summed E-state index contributed by atoms with van der Waals surface area (Å²) < 4.78 is 6.55. The predicted molar refractivity (Wildman–Crippen MR) is 65.6 cm³/mol. The van der Waals surface area contributed by atoms with E-state index in [1.54, 1.807) is 13.2 Å². The van der Waals surface area contributed by atoms with Crippen molar-refractivity contribution in [1.29, 1.82) is 0 Å². The van der Waals surface area contributed by atoms with Gasteiger partial charge >= 0.3 is 0 Å². The zero-order valence-electron chi connectivity index (χ0n) is 9.62. The fourth-order valence-corrected chi connectivity index (χ4v) is 1.75. The second-order valence-corrected chi connectivity index (χ2v) is 3.77. The van der Waals surface area contributed by atoms with Crippen LogP contribution < -0.4 is 10.3 Å². The largest absolute Gasteiger partial charge is 0.497 e. The van der Waals surface area contributed by atoms with E-state index >= 15 is 0 Å². The van der Waals surface area contributed by atoms with Gasteiger partial charge in [0.1, 0.15) is 17.6 Å². The summed E-state index contributed by atoms with van der Waals surface area (Å²) in [5.41, 5.74) is 1.84. The molecule has 2 aromatic heterocycles. The summed E-state index contributed by atoms with van der Waals surface area (Å²) in [7, 11) is 1.62. The first-order valence-corrected chi connectivity index (χ1v) is 5.35. The van der Waals surface area contributed by atoms with Crippen molar-refractivity contribution in [2.45, 2.75) is 0 Å². The Morgan fingerprint density at radius 3 is 2.72 bits per heavy atom. The van der Waals surface area contributed by atoms with E-state index in [0.29, 0.717) is 5.52 Å². The number of ether oxygens (including phenoxy) is 1. The molecular weight excluding hydrogens is 232 g/mol. The molecule has 3 aromatic rings. The van der Waals surface area contributed by atoms with E-state index < -0.39 is 0 Å². The van der Waals surface area contributed by atoms with Crippen LogP contribution in [0.15, 0.2) is 41.5 Å². The van der Waals surface area contributed by atoms with Gasteiger partial charge in [-0.15, -0.1) is 0 Å². The Hall–Kier alpha value is -2.63. The van der Waals surface area contributed by atoms with Gasteiger partial charge in [-0.1, -0.05) is 0 Å². The number of rotatable bonds is 2. The lowest BCUT2D eigenvalue weighted by Crippen LogP contribution is -2.10. The van der Waals surface area contributed by atoms with Gasteiger partial charge in [-0.2, -0.15) is 10.2 Å². The van der Waals surface area contributed by atoms with Crippen molar-refractivity contribution in [2.75, 3.05) is 7.11 Å². The van der Waals surface area contributed by atoms with E-state index in [2.05, 4.69) is 15.3 Å². The normalized spacial score (nSPS) is 10.7. The highest BCUT2D eigenvalue weighted by Gasteiger charge is 2.07. The van der Waals surface area contributed by atoms with Crippen LogP contribution in [0.2, 0.25) is 0 Å². The molecule has 0 spiro atoms. The highest BCUT2D eigenvalue weighted by atomic mass is 16.5. The Kier molecular flexibility index (Phi) is 2.33. The summed E-state index contributed by atoms with van der Waals surface area (Å²) in [6.45, 7) is 0. The van der Waals surface area contributed by atoms with Crippen molar-refractivity contribution in [3.05, 3.63) is 47.0 Å². The van der Waals surface area contributed by atoms with Crippen LogP contribution in [-0.4, -0.2) is 26.9 Å². The quantitative estimate of drug-likeness (QED) is 0.730. The minimum absolute atomic E-state index is 0.259. The Morgan fingerprint density at radius 2 is 2.06 bits per heavy atom. The number of H-pyrrole nitrogens is 1. The average molecular weight is 242 g/mol. The van der Waals surface area contributed by atoms with Crippen molar-refractivity contribution in [3.63, 3.8) is 0 Å². The van der Waals surface area contributed by atoms with Gasteiger partial charge in [0.05, 0.1) is 12.8 Å². The summed E-state index contributed by atoms with van der Waals surface area (Å²) in [5, 5.41) is 10.4. The van der Waals surface area contributed by atoms with E-state index in [9.17, 15) is 4.79 Å². The minimum Gasteiger partial charge on any atom is -0.497 e. The molecule has 1 N–H and O–H groups in total. The monoisotopic (exact) mass is 242 g/mol. The number of hydrogen-bond donors (Lipinski definition) is 1. The molecule has 18 heavy (non-hydrogen) atoms. The maximum absolute atomic E-state index is 11.5. The highest BCUT2D eigenvalue weighted by Crippen LogP contribution is 2.21. The Bertz CT molecular complexity index is 743. The van der Waals surface area contributed by atoms with Crippen molar-refractivity contribution in [3.8, 4) is 17.0 Å². The van der Waals surface area contributed by atoms with Crippen LogP contribution in [0.25, 0.3) is 16.8 Å². The predicted octanol–water partition coefficient (Wildman–Crippen LogP) is 1.09. The standard InChI is InChI=1S/C12H10N4O2/c1-18-9-4-2-8(3-5-9)10-6-11-12(17)14-13-7-16(11)15-10/h2-7H,1H3,(H,14,17). The molecule has 0 bridgehead atoms. The molecule has 0 aliphatic rings. The summed E-state index contributed by atoms with van der Waals surface area (Å²) in [6.07, 6.45) is 1.46. The van der Waals surface area contributed by atoms with Crippen LogP contribution in [0.1, 0.15) is 0 Å². The van der Waals surface area contributed by atoms with Crippen molar-refractivity contribution >= 4 is 5.52 Å². The van der Waals surface area contributed by atoms with Gasteiger partial charge in [-0.25, -0.2) is 9.61 Å². The minimum atomic E-state index is -0.259. The molecule has 2 heterocycles. The third kappa shape index (κ3) is 1.64. The Balaban J connectivity index is 2.13. The molecule has 90 valence electrons. The van der Waals surface area contributed by atoms with Crippen molar-refractivity contribution in [1.82, 2.24) is 19.8 Å². The number of nitrogens with one attached hydrogen (secondary N) is 1. The molecular formula is C12H10N4O2. The number of nitrogens with zero attached hydrogens (tertiary/aromatic N) is 3. The zero-order chi connectivity index (χ0) is 12.5. The first kappa shape index (κ1) is 10.5. The van der Waals surface area contributed by atoms with E-state index in [1.807, 2.05) is 24.3 Å². The SMILES string of the molecule is COc1ccc(-c2cc3c(=O)[nH]ncn3n2)cc1.